The molecule has 1 aliphatic carbocycles. The fourth-order valence-corrected chi connectivity index (χ4v) is 3.20. The van der Waals surface area contributed by atoms with Crippen molar-refractivity contribution < 1.29 is 0 Å². The minimum atomic E-state index is 0.853. The van der Waals surface area contributed by atoms with E-state index in [9.17, 15) is 0 Å². The van der Waals surface area contributed by atoms with Crippen molar-refractivity contribution in [3.8, 4) is 0 Å². The van der Waals surface area contributed by atoms with Crippen LogP contribution in [0.5, 0.6) is 0 Å². The summed E-state index contributed by atoms with van der Waals surface area (Å²) >= 11 is 0. The summed E-state index contributed by atoms with van der Waals surface area (Å²) in [4.78, 5) is 0. The van der Waals surface area contributed by atoms with E-state index in [1.54, 1.807) is 5.57 Å². The summed E-state index contributed by atoms with van der Waals surface area (Å²) in [5.41, 5.74) is 1.75. The normalized spacial score (nSPS) is 23.1. The third kappa shape index (κ3) is 5.42. The third-order valence-electron chi connectivity index (χ3n) is 4.29. The van der Waals surface area contributed by atoms with Crippen LogP contribution in [0.2, 0.25) is 0 Å². The summed E-state index contributed by atoms with van der Waals surface area (Å²) in [6.07, 6.45) is 18.3. The van der Waals surface area contributed by atoms with Crippen molar-refractivity contribution in [2.24, 2.45) is 11.8 Å². The number of allylic oxidation sites excluding steroid dienone is 3. The van der Waals surface area contributed by atoms with Gasteiger partial charge < -0.3 is 0 Å². The van der Waals surface area contributed by atoms with Gasteiger partial charge in [0.05, 0.1) is 0 Å². The number of rotatable bonds is 10. The lowest BCUT2D eigenvalue weighted by atomic mass is 9.88. The van der Waals surface area contributed by atoms with E-state index in [0.29, 0.717) is 0 Å². The Morgan fingerprint density at radius 2 is 1.89 bits per heavy atom. The first-order valence-corrected chi connectivity index (χ1v) is 8.12. The predicted molar refractivity (Wildman–Crippen MR) is 82.8 cm³/mol. The van der Waals surface area contributed by atoms with Crippen molar-refractivity contribution >= 4 is 0 Å². The number of unbranched alkanes of at least 4 members (excludes halogenated alkanes) is 4. The van der Waals surface area contributed by atoms with E-state index in [4.69, 9.17) is 0 Å². The highest BCUT2D eigenvalue weighted by Crippen LogP contribution is 2.38. The average molecular weight is 248 g/mol. The van der Waals surface area contributed by atoms with E-state index < -0.39 is 0 Å². The highest BCUT2D eigenvalue weighted by molar-refractivity contribution is 5.14. The quantitative estimate of drug-likeness (QED) is 0.315. The van der Waals surface area contributed by atoms with Crippen LogP contribution in [-0.4, -0.2) is 0 Å². The van der Waals surface area contributed by atoms with Crippen molar-refractivity contribution in [2.75, 3.05) is 0 Å². The van der Waals surface area contributed by atoms with Gasteiger partial charge in [0.25, 0.3) is 0 Å². The number of hydrogen-bond donors (Lipinski definition) is 0. The zero-order chi connectivity index (χ0) is 13.2. The van der Waals surface area contributed by atoms with Crippen LogP contribution in [-0.2, 0) is 0 Å². The summed E-state index contributed by atoms with van der Waals surface area (Å²) < 4.78 is 0. The second-order valence-electron chi connectivity index (χ2n) is 5.93. The Morgan fingerprint density at radius 3 is 2.56 bits per heavy atom. The van der Waals surface area contributed by atoms with Gasteiger partial charge in [-0.2, -0.15) is 0 Å². The molecule has 0 amide bonds. The van der Waals surface area contributed by atoms with Crippen LogP contribution >= 0.6 is 0 Å². The molecule has 0 bridgehead atoms. The van der Waals surface area contributed by atoms with Gasteiger partial charge in [-0.25, -0.2) is 0 Å². The predicted octanol–water partition coefficient (Wildman–Crippen LogP) is 6.29. The van der Waals surface area contributed by atoms with Crippen molar-refractivity contribution in [3.63, 3.8) is 0 Å². The molecule has 1 rings (SSSR count). The van der Waals surface area contributed by atoms with Crippen LogP contribution in [0.3, 0.4) is 0 Å². The molecule has 0 saturated heterocycles. The van der Waals surface area contributed by atoms with E-state index in [-0.39, 0.29) is 0 Å². The minimum absolute atomic E-state index is 0.853. The maximum Gasteiger partial charge on any atom is -0.0196 e. The lowest BCUT2D eigenvalue weighted by Crippen LogP contribution is -2.07. The van der Waals surface area contributed by atoms with E-state index in [1.807, 2.05) is 0 Å². The third-order valence-corrected chi connectivity index (χ3v) is 4.29. The molecule has 0 fully saturated rings. The molecule has 0 aromatic heterocycles. The van der Waals surface area contributed by atoms with Gasteiger partial charge in [-0.15, -0.1) is 6.58 Å². The van der Waals surface area contributed by atoms with Crippen molar-refractivity contribution in [3.05, 3.63) is 24.3 Å². The van der Waals surface area contributed by atoms with Crippen LogP contribution in [0.4, 0.5) is 0 Å². The van der Waals surface area contributed by atoms with Crippen molar-refractivity contribution in [1.29, 1.82) is 0 Å². The molecule has 0 aromatic rings. The Morgan fingerprint density at radius 1 is 1.17 bits per heavy atom. The second-order valence-corrected chi connectivity index (χ2v) is 5.93. The maximum absolute atomic E-state index is 3.93. The van der Waals surface area contributed by atoms with E-state index in [2.05, 4.69) is 32.6 Å². The van der Waals surface area contributed by atoms with E-state index >= 15 is 0 Å². The van der Waals surface area contributed by atoms with Crippen LogP contribution < -0.4 is 0 Å². The summed E-state index contributed by atoms with van der Waals surface area (Å²) in [5.74, 6) is 1.72. The summed E-state index contributed by atoms with van der Waals surface area (Å²) in [7, 11) is 0. The first-order valence-electron chi connectivity index (χ1n) is 8.12. The average Bonchev–Trinajstić information content (AvgIpc) is 2.73. The summed E-state index contributed by atoms with van der Waals surface area (Å²) in [6, 6.07) is 0. The molecule has 18 heavy (non-hydrogen) atoms. The minimum Gasteiger partial charge on any atom is -0.103 e. The lowest BCUT2D eigenvalue weighted by Gasteiger charge is -2.17. The molecule has 0 heteroatoms. The van der Waals surface area contributed by atoms with Crippen molar-refractivity contribution in [2.45, 2.75) is 78.1 Å². The first-order chi connectivity index (χ1) is 8.81. The largest absolute Gasteiger partial charge is 0.103 e. The van der Waals surface area contributed by atoms with Gasteiger partial charge in [0, 0.05) is 0 Å². The standard InChI is InChI=1S/C18H32/c1-4-7-9-12-16-14-17(11-6-3)18(15-16)13-10-8-5-2/h6,15,17-18H,3-5,7-14H2,1-2H3. The van der Waals surface area contributed by atoms with Crippen LogP contribution in [0.25, 0.3) is 0 Å². The first kappa shape index (κ1) is 15.5. The summed E-state index contributed by atoms with van der Waals surface area (Å²) in [5, 5.41) is 0. The topological polar surface area (TPSA) is 0 Å². The molecule has 0 spiro atoms. The highest BCUT2D eigenvalue weighted by atomic mass is 14.3. The molecule has 0 aliphatic heterocycles. The molecular formula is C18H32. The van der Waals surface area contributed by atoms with Crippen LogP contribution in [0.1, 0.15) is 78.1 Å². The fraction of sp³-hybridized carbons (Fsp3) is 0.778. The van der Waals surface area contributed by atoms with Crippen molar-refractivity contribution in [1.82, 2.24) is 0 Å². The molecule has 1 aliphatic rings. The molecule has 0 N–H and O–H groups in total. The molecule has 0 aromatic carbocycles. The molecule has 0 saturated carbocycles. The number of hydrogen-bond acceptors (Lipinski definition) is 0. The SMILES string of the molecule is C=CCC1CC(CCCCC)=CC1CCCCC. The molecule has 2 atom stereocenters. The van der Waals surface area contributed by atoms with Gasteiger partial charge in [0.15, 0.2) is 0 Å². The lowest BCUT2D eigenvalue weighted by molar-refractivity contribution is 0.388. The highest BCUT2D eigenvalue weighted by Gasteiger charge is 2.25. The molecule has 2 unspecified atom stereocenters. The van der Waals surface area contributed by atoms with E-state index in [0.717, 1.165) is 11.8 Å². The van der Waals surface area contributed by atoms with Crippen LogP contribution in [0, 0.1) is 11.8 Å². The van der Waals surface area contributed by atoms with E-state index in [1.165, 1.54) is 64.2 Å². The smallest absolute Gasteiger partial charge is 0.0196 e. The van der Waals surface area contributed by atoms with Gasteiger partial charge in [0.1, 0.15) is 0 Å². The Labute approximate surface area is 115 Å². The van der Waals surface area contributed by atoms with Crippen LogP contribution in [0.15, 0.2) is 24.3 Å². The molecule has 104 valence electrons. The van der Waals surface area contributed by atoms with Gasteiger partial charge in [-0.05, 0) is 43.9 Å². The van der Waals surface area contributed by atoms with Gasteiger partial charge in [-0.1, -0.05) is 63.7 Å². The fourth-order valence-electron chi connectivity index (χ4n) is 3.20. The molecule has 0 radical (unpaired) electrons. The van der Waals surface area contributed by atoms with Gasteiger partial charge >= 0.3 is 0 Å². The zero-order valence-corrected chi connectivity index (χ0v) is 12.6. The Bertz CT molecular complexity index is 249. The Hall–Kier alpha value is -0.520. The molecule has 0 nitrogen and oxygen atoms in total. The Kier molecular flexibility index (Phi) is 8.13. The molecule has 0 heterocycles. The summed E-state index contributed by atoms with van der Waals surface area (Å²) in [6.45, 7) is 8.51. The monoisotopic (exact) mass is 248 g/mol. The van der Waals surface area contributed by atoms with Gasteiger partial charge in [0.2, 0.25) is 0 Å². The van der Waals surface area contributed by atoms with Gasteiger partial charge in [-0.3, -0.25) is 0 Å². The second kappa shape index (κ2) is 9.42. The molecular weight excluding hydrogens is 216 g/mol. The Balaban J connectivity index is 2.39. The zero-order valence-electron chi connectivity index (χ0n) is 12.6. The maximum atomic E-state index is 3.93.